The second-order valence-corrected chi connectivity index (χ2v) is 4.63. The Kier molecular flexibility index (Phi) is 4.00. The average molecular weight is 257 g/mol. The summed E-state index contributed by atoms with van der Waals surface area (Å²) in [6.45, 7) is 4.34. The van der Waals surface area contributed by atoms with E-state index in [0.29, 0.717) is 11.9 Å². The Bertz CT molecular complexity index is 567. The number of aromatic nitrogens is 2. The Morgan fingerprint density at radius 3 is 2.63 bits per heavy atom. The van der Waals surface area contributed by atoms with Crippen LogP contribution in [0.3, 0.4) is 0 Å². The molecule has 1 aromatic carbocycles. The van der Waals surface area contributed by atoms with Crippen molar-refractivity contribution in [1.29, 1.82) is 0 Å². The van der Waals surface area contributed by atoms with Crippen LogP contribution >= 0.6 is 0 Å². The number of methoxy groups -OCH3 is 1. The van der Waals surface area contributed by atoms with Gasteiger partial charge in [0.05, 0.1) is 12.8 Å². The lowest BCUT2D eigenvalue weighted by Crippen LogP contribution is -1.98. The lowest BCUT2D eigenvalue weighted by molar-refractivity contribution is 0.416. The van der Waals surface area contributed by atoms with Gasteiger partial charge in [-0.3, -0.25) is 0 Å². The maximum absolute atomic E-state index is 5.43. The standard InChI is InChI=1S/C15H19N3O/c1-10(2)11-5-6-14(19-4)12(9-11)13-7-8-17-15(16-3)18-13/h5-10H,1-4H3,(H,16,17,18). The Labute approximate surface area is 113 Å². The van der Waals surface area contributed by atoms with Crippen molar-refractivity contribution in [3.8, 4) is 17.0 Å². The van der Waals surface area contributed by atoms with E-state index in [9.17, 15) is 0 Å². The molecule has 0 fully saturated rings. The van der Waals surface area contributed by atoms with Crippen LogP contribution < -0.4 is 10.1 Å². The third kappa shape index (κ3) is 2.84. The van der Waals surface area contributed by atoms with E-state index in [1.165, 1.54) is 5.56 Å². The maximum atomic E-state index is 5.43. The third-order valence-corrected chi connectivity index (χ3v) is 3.05. The van der Waals surface area contributed by atoms with Gasteiger partial charge >= 0.3 is 0 Å². The molecule has 19 heavy (non-hydrogen) atoms. The third-order valence-electron chi connectivity index (χ3n) is 3.05. The fraction of sp³-hybridized carbons (Fsp3) is 0.333. The zero-order valence-corrected chi connectivity index (χ0v) is 11.8. The molecule has 0 aliphatic heterocycles. The van der Waals surface area contributed by atoms with Crippen LogP contribution in [0.2, 0.25) is 0 Å². The number of hydrogen-bond acceptors (Lipinski definition) is 4. The molecule has 1 N–H and O–H groups in total. The average Bonchev–Trinajstić information content (AvgIpc) is 2.46. The fourth-order valence-corrected chi connectivity index (χ4v) is 1.91. The van der Waals surface area contributed by atoms with Gasteiger partial charge in [0.15, 0.2) is 0 Å². The Morgan fingerprint density at radius 2 is 2.00 bits per heavy atom. The molecule has 0 aliphatic rings. The van der Waals surface area contributed by atoms with E-state index < -0.39 is 0 Å². The van der Waals surface area contributed by atoms with Crippen LogP contribution in [0.15, 0.2) is 30.5 Å². The molecule has 0 unspecified atom stereocenters. The normalized spacial score (nSPS) is 10.6. The molecule has 1 aromatic heterocycles. The fourth-order valence-electron chi connectivity index (χ4n) is 1.91. The van der Waals surface area contributed by atoms with Crippen LogP contribution in [0.4, 0.5) is 5.95 Å². The molecule has 0 bridgehead atoms. The van der Waals surface area contributed by atoms with E-state index in [-0.39, 0.29) is 0 Å². The molecule has 0 aliphatic carbocycles. The minimum atomic E-state index is 0.468. The molecular formula is C15H19N3O. The summed E-state index contributed by atoms with van der Waals surface area (Å²) in [5.41, 5.74) is 3.12. The van der Waals surface area contributed by atoms with Gasteiger partial charge in [0.2, 0.25) is 5.95 Å². The highest BCUT2D eigenvalue weighted by Gasteiger charge is 2.10. The zero-order valence-electron chi connectivity index (χ0n) is 11.8. The minimum absolute atomic E-state index is 0.468. The first kappa shape index (κ1) is 13.3. The van der Waals surface area contributed by atoms with Crippen molar-refractivity contribution < 1.29 is 4.74 Å². The van der Waals surface area contributed by atoms with E-state index >= 15 is 0 Å². The van der Waals surface area contributed by atoms with Crippen molar-refractivity contribution in [3.05, 3.63) is 36.0 Å². The van der Waals surface area contributed by atoms with Gasteiger partial charge in [0, 0.05) is 18.8 Å². The zero-order chi connectivity index (χ0) is 13.8. The van der Waals surface area contributed by atoms with E-state index in [1.54, 1.807) is 20.4 Å². The summed E-state index contributed by atoms with van der Waals surface area (Å²) in [5.74, 6) is 1.90. The summed E-state index contributed by atoms with van der Waals surface area (Å²) in [6, 6.07) is 8.10. The van der Waals surface area contributed by atoms with Crippen molar-refractivity contribution in [2.45, 2.75) is 19.8 Å². The molecule has 0 radical (unpaired) electrons. The summed E-state index contributed by atoms with van der Waals surface area (Å²) in [6.07, 6.45) is 1.75. The number of benzene rings is 1. The molecule has 2 aromatic rings. The molecule has 0 saturated carbocycles. The monoisotopic (exact) mass is 257 g/mol. The summed E-state index contributed by atoms with van der Waals surface area (Å²) in [4.78, 5) is 8.60. The van der Waals surface area contributed by atoms with Gasteiger partial charge in [-0.05, 0) is 29.7 Å². The van der Waals surface area contributed by atoms with Crippen LogP contribution in [0.25, 0.3) is 11.3 Å². The molecule has 2 rings (SSSR count). The van der Waals surface area contributed by atoms with Crippen LogP contribution in [0.5, 0.6) is 5.75 Å². The summed E-state index contributed by atoms with van der Waals surface area (Å²) >= 11 is 0. The Morgan fingerprint density at radius 1 is 1.21 bits per heavy atom. The molecule has 1 heterocycles. The summed E-state index contributed by atoms with van der Waals surface area (Å²) < 4.78 is 5.43. The quantitative estimate of drug-likeness (QED) is 0.912. The number of rotatable bonds is 4. The lowest BCUT2D eigenvalue weighted by Gasteiger charge is -2.12. The van der Waals surface area contributed by atoms with Crippen molar-refractivity contribution in [2.75, 3.05) is 19.5 Å². The maximum Gasteiger partial charge on any atom is 0.222 e. The van der Waals surface area contributed by atoms with Crippen molar-refractivity contribution in [2.24, 2.45) is 0 Å². The lowest BCUT2D eigenvalue weighted by atomic mass is 9.99. The van der Waals surface area contributed by atoms with Crippen molar-refractivity contribution in [3.63, 3.8) is 0 Å². The van der Waals surface area contributed by atoms with E-state index in [0.717, 1.165) is 17.0 Å². The molecule has 4 heteroatoms. The molecule has 0 spiro atoms. The van der Waals surface area contributed by atoms with Gasteiger partial charge in [0.1, 0.15) is 5.75 Å². The summed E-state index contributed by atoms with van der Waals surface area (Å²) in [5, 5.41) is 2.95. The van der Waals surface area contributed by atoms with E-state index in [4.69, 9.17) is 4.74 Å². The largest absolute Gasteiger partial charge is 0.496 e. The van der Waals surface area contributed by atoms with Gasteiger partial charge in [-0.1, -0.05) is 19.9 Å². The highest BCUT2D eigenvalue weighted by molar-refractivity contribution is 5.68. The summed E-state index contributed by atoms with van der Waals surface area (Å²) in [7, 11) is 3.48. The second-order valence-electron chi connectivity index (χ2n) is 4.63. The number of hydrogen-bond donors (Lipinski definition) is 1. The Hall–Kier alpha value is -2.10. The second kappa shape index (κ2) is 5.69. The smallest absolute Gasteiger partial charge is 0.222 e. The van der Waals surface area contributed by atoms with Gasteiger partial charge in [-0.2, -0.15) is 0 Å². The van der Waals surface area contributed by atoms with Crippen molar-refractivity contribution >= 4 is 5.95 Å². The molecule has 0 atom stereocenters. The highest BCUT2D eigenvalue weighted by atomic mass is 16.5. The van der Waals surface area contributed by atoms with Crippen molar-refractivity contribution in [1.82, 2.24) is 9.97 Å². The Balaban J connectivity index is 2.54. The van der Waals surface area contributed by atoms with Gasteiger partial charge in [0.25, 0.3) is 0 Å². The van der Waals surface area contributed by atoms with Gasteiger partial charge < -0.3 is 10.1 Å². The molecule has 0 saturated heterocycles. The van der Waals surface area contributed by atoms with Crippen LogP contribution in [0.1, 0.15) is 25.3 Å². The number of nitrogens with one attached hydrogen (secondary N) is 1. The molecule has 100 valence electrons. The first-order valence-electron chi connectivity index (χ1n) is 6.34. The first-order valence-corrected chi connectivity index (χ1v) is 6.34. The highest BCUT2D eigenvalue weighted by Crippen LogP contribution is 2.31. The van der Waals surface area contributed by atoms with E-state index in [2.05, 4.69) is 41.3 Å². The van der Waals surface area contributed by atoms with Crippen LogP contribution in [-0.2, 0) is 0 Å². The molecule has 4 nitrogen and oxygen atoms in total. The van der Waals surface area contributed by atoms with Crippen LogP contribution in [-0.4, -0.2) is 24.1 Å². The molecule has 0 amide bonds. The van der Waals surface area contributed by atoms with E-state index in [1.807, 2.05) is 12.1 Å². The van der Waals surface area contributed by atoms with Gasteiger partial charge in [-0.15, -0.1) is 0 Å². The number of ether oxygens (including phenoxy) is 1. The predicted octanol–water partition coefficient (Wildman–Crippen LogP) is 3.32. The number of anilines is 1. The first-order chi connectivity index (χ1) is 9.15. The topological polar surface area (TPSA) is 47.0 Å². The van der Waals surface area contributed by atoms with Gasteiger partial charge in [-0.25, -0.2) is 9.97 Å². The number of nitrogens with zero attached hydrogens (tertiary/aromatic N) is 2. The molecular weight excluding hydrogens is 238 g/mol. The van der Waals surface area contributed by atoms with Crippen LogP contribution in [0, 0.1) is 0 Å². The predicted molar refractivity (Wildman–Crippen MR) is 77.7 cm³/mol. The minimum Gasteiger partial charge on any atom is -0.496 e. The SMILES string of the molecule is CNc1nccc(-c2cc(C(C)C)ccc2OC)n1.